The molecule has 9 heteroatoms. The van der Waals surface area contributed by atoms with Crippen molar-refractivity contribution in [2.75, 3.05) is 47.1 Å². The van der Waals surface area contributed by atoms with E-state index in [2.05, 4.69) is 15.3 Å². The van der Waals surface area contributed by atoms with Gasteiger partial charge in [-0.05, 0) is 37.5 Å². The van der Waals surface area contributed by atoms with Crippen molar-refractivity contribution in [3.8, 4) is 11.5 Å². The van der Waals surface area contributed by atoms with Crippen molar-refractivity contribution in [3.63, 3.8) is 0 Å². The number of nitrogens with one attached hydrogen (secondary N) is 1. The minimum absolute atomic E-state index is 0.118. The van der Waals surface area contributed by atoms with Crippen molar-refractivity contribution >= 4 is 11.8 Å². The van der Waals surface area contributed by atoms with Crippen LogP contribution in [0.15, 0.2) is 36.8 Å². The molecule has 0 aliphatic heterocycles. The van der Waals surface area contributed by atoms with Gasteiger partial charge < -0.3 is 24.4 Å². The number of carbonyl (C=O) groups excluding carboxylic acids is 2. The minimum atomic E-state index is -0.243. The molecule has 1 heterocycles. The van der Waals surface area contributed by atoms with Gasteiger partial charge in [0, 0.05) is 51.7 Å². The van der Waals surface area contributed by atoms with Crippen LogP contribution >= 0.6 is 0 Å². The van der Waals surface area contributed by atoms with Gasteiger partial charge in [-0.1, -0.05) is 6.07 Å². The van der Waals surface area contributed by atoms with Gasteiger partial charge in [0.05, 0.1) is 20.4 Å². The zero-order chi connectivity index (χ0) is 23.2. The van der Waals surface area contributed by atoms with E-state index in [1.54, 1.807) is 19.1 Å². The zero-order valence-electron chi connectivity index (χ0n) is 19.0. The zero-order valence-corrected chi connectivity index (χ0v) is 19.0. The first kappa shape index (κ1) is 25.1. The fourth-order valence-corrected chi connectivity index (χ4v) is 3.10. The molecule has 0 aliphatic rings. The Kier molecular flexibility index (Phi) is 10.9. The minimum Gasteiger partial charge on any atom is -0.493 e. The number of amides is 2. The summed E-state index contributed by atoms with van der Waals surface area (Å²) in [5, 5.41) is 2.91. The summed E-state index contributed by atoms with van der Waals surface area (Å²) in [6.45, 7) is 4.36. The number of benzene rings is 1. The summed E-state index contributed by atoms with van der Waals surface area (Å²) in [6, 6.07) is 5.67. The number of nitrogens with zero attached hydrogens (tertiary/aromatic N) is 3. The van der Waals surface area contributed by atoms with Gasteiger partial charge >= 0.3 is 0 Å². The maximum Gasteiger partial charge on any atom is 0.274 e. The highest BCUT2D eigenvalue weighted by molar-refractivity contribution is 5.92. The maximum absolute atomic E-state index is 12.8. The molecule has 0 spiro atoms. The van der Waals surface area contributed by atoms with Crippen molar-refractivity contribution in [1.82, 2.24) is 20.2 Å². The number of ether oxygens (including phenoxy) is 3. The van der Waals surface area contributed by atoms with Crippen LogP contribution in [0.3, 0.4) is 0 Å². The van der Waals surface area contributed by atoms with Crippen LogP contribution in [0.25, 0.3) is 0 Å². The van der Waals surface area contributed by atoms with Gasteiger partial charge in [-0.3, -0.25) is 14.6 Å². The molecule has 0 saturated carbocycles. The Morgan fingerprint density at radius 2 is 1.91 bits per heavy atom. The van der Waals surface area contributed by atoms with Crippen molar-refractivity contribution in [3.05, 3.63) is 48.0 Å². The molecule has 1 N–H and O–H groups in total. The Bertz CT molecular complexity index is 848. The van der Waals surface area contributed by atoms with E-state index in [0.29, 0.717) is 57.2 Å². The molecule has 0 radical (unpaired) electrons. The van der Waals surface area contributed by atoms with E-state index in [1.165, 1.54) is 18.6 Å². The Hall–Kier alpha value is -3.20. The second-order valence-electron chi connectivity index (χ2n) is 6.97. The fourth-order valence-electron chi connectivity index (χ4n) is 3.10. The van der Waals surface area contributed by atoms with E-state index in [4.69, 9.17) is 14.2 Å². The predicted octanol–water partition coefficient (Wildman–Crippen LogP) is 2.11. The first-order valence-corrected chi connectivity index (χ1v) is 10.7. The molecule has 0 saturated heterocycles. The van der Waals surface area contributed by atoms with Crippen molar-refractivity contribution < 1.29 is 23.8 Å². The van der Waals surface area contributed by atoms with E-state index in [9.17, 15) is 9.59 Å². The van der Waals surface area contributed by atoms with Gasteiger partial charge in [-0.25, -0.2) is 4.98 Å². The molecule has 2 amide bonds. The summed E-state index contributed by atoms with van der Waals surface area (Å²) in [6.07, 6.45) is 5.96. The number of aromatic nitrogens is 2. The van der Waals surface area contributed by atoms with Gasteiger partial charge in [-0.2, -0.15) is 0 Å². The molecule has 0 unspecified atom stereocenters. The van der Waals surface area contributed by atoms with Gasteiger partial charge in [0.25, 0.3) is 5.91 Å². The van der Waals surface area contributed by atoms with Gasteiger partial charge in [0.15, 0.2) is 11.5 Å². The molecule has 1 aromatic carbocycles. The van der Waals surface area contributed by atoms with E-state index < -0.39 is 0 Å². The van der Waals surface area contributed by atoms with Crippen LogP contribution < -0.4 is 14.8 Å². The SMILES string of the molecule is CCOCCCN(CCC(=O)NCCc1ccc(OC)c(OC)c1)C(=O)c1cnccn1. The smallest absolute Gasteiger partial charge is 0.274 e. The van der Waals surface area contributed by atoms with Crippen molar-refractivity contribution in [1.29, 1.82) is 0 Å². The molecular weight excluding hydrogens is 412 g/mol. The van der Waals surface area contributed by atoms with E-state index >= 15 is 0 Å². The van der Waals surface area contributed by atoms with Gasteiger partial charge in [0.1, 0.15) is 5.69 Å². The lowest BCUT2D eigenvalue weighted by molar-refractivity contribution is -0.121. The van der Waals surface area contributed by atoms with Crippen molar-refractivity contribution in [2.24, 2.45) is 0 Å². The summed E-state index contributed by atoms with van der Waals surface area (Å²) >= 11 is 0. The largest absolute Gasteiger partial charge is 0.493 e. The second kappa shape index (κ2) is 14.0. The van der Waals surface area contributed by atoms with Gasteiger partial charge in [0.2, 0.25) is 5.91 Å². The standard InChI is InChI=1S/C23H32N4O5/c1-4-32-15-5-13-27(23(29)19-17-24-11-12-25-19)14-9-22(28)26-10-8-18-6-7-20(30-2)21(16-18)31-3/h6-7,11-12,16-17H,4-5,8-10,13-15H2,1-3H3,(H,26,28). The number of rotatable bonds is 14. The predicted molar refractivity (Wildman–Crippen MR) is 120 cm³/mol. The first-order chi connectivity index (χ1) is 15.6. The highest BCUT2D eigenvalue weighted by Crippen LogP contribution is 2.27. The number of hydrogen-bond acceptors (Lipinski definition) is 7. The molecule has 1 aromatic heterocycles. The molecule has 2 aromatic rings. The molecule has 0 aliphatic carbocycles. The van der Waals surface area contributed by atoms with Crippen LogP contribution in [0, 0.1) is 0 Å². The Balaban J connectivity index is 1.84. The third-order valence-corrected chi connectivity index (χ3v) is 4.78. The summed E-state index contributed by atoms with van der Waals surface area (Å²) in [5.74, 6) is 0.957. The van der Waals surface area contributed by atoms with Crippen LogP contribution in [-0.2, 0) is 16.0 Å². The van der Waals surface area contributed by atoms with Crippen molar-refractivity contribution in [2.45, 2.75) is 26.2 Å². The molecule has 2 rings (SSSR count). The summed E-state index contributed by atoms with van der Waals surface area (Å²) < 4.78 is 15.9. The molecule has 174 valence electrons. The first-order valence-electron chi connectivity index (χ1n) is 10.7. The summed E-state index contributed by atoms with van der Waals surface area (Å²) in [5.41, 5.74) is 1.29. The number of hydrogen-bond donors (Lipinski definition) is 1. The fraction of sp³-hybridized carbons (Fsp3) is 0.478. The average Bonchev–Trinajstić information content (AvgIpc) is 2.83. The lowest BCUT2D eigenvalue weighted by atomic mass is 10.1. The molecule has 0 bridgehead atoms. The van der Waals surface area contributed by atoms with Gasteiger partial charge in [-0.15, -0.1) is 0 Å². The normalized spacial score (nSPS) is 10.5. The highest BCUT2D eigenvalue weighted by Gasteiger charge is 2.18. The maximum atomic E-state index is 12.8. The molecule has 32 heavy (non-hydrogen) atoms. The Morgan fingerprint density at radius 3 is 2.59 bits per heavy atom. The van der Waals surface area contributed by atoms with E-state index in [-0.39, 0.29) is 23.9 Å². The Labute approximate surface area is 189 Å². The van der Waals surface area contributed by atoms with Crippen LogP contribution in [0.1, 0.15) is 35.8 Å². The third kappa shape index (κ3) is 8.14. The second-order valence-corrected chi connectivity index (χ2v) is 6.97. The van der Waals surface area contributed by atoms with Crippen LogP contribution in [0.5, 0.6) is 11.5 Å². The molecular formula is C23H32N4O5. The average molecular weight is 445 g/mol. The van der Waals surface area contributed by atoms with Crippen LogP contribution in [-0.4, -0.2) is 73.7 Å². The topological polar surface area (TPSA) is 103 Å². The monoisotopic (exact) mass is 444 g/mol. The molecule has 0 fully saturated rings. The lowest BCUT2D eigenvalue weighted by Gasteiger charge is -2.22. The number of carbonyl (C=O) groups is 2. The lowest BCUT2D eigenvalue weighted by Crippen LogP contribution is -2.37. The van der Waals surface area contributed by atoms with Crippen LogP contribution in [0.4, 0.5) is 0 Å². The summed E-state index contributed by atoms with van der Waals surface area (Å²) in [4.78, 5) is 34.8. The Morgan fingerprint density at radius 1 is 1.09 bits per heavy atom. The van der Waals surface area contributed by atoms with E-state index in [1.807, 2.05) is 25.1 Å². The van der Waals surface area contributed by atoms with Crippen LogP contribution in [0.2, 0.25) is 0 Å². The summed E-state index contributed by atoms with van der Waals surface area (Å²) in [7, 11) is 3.18. The quantitative estimate of drug-likeness (QED) is 0.445. The molecule has 9 nitrogen and oxygen atoms in total. The third-order valence-electron chi connectivity index (χ3n) is 4.78. The van der Waals surface area contributed by atoms with E-state index in [0.717, 1.165) is 5.56 Å². The highest BCUT2D eigenvalue weighted by atomic mass is 16.5. The molecule has 0 atom stereocenters. The number of methoxy groups -OCH3 is 2.